The Hall–Kier alpha value is -3.20. The summed E-state index contributed by atoms with van der Waals surface area (Å²) >= 11 is 0. The van der Waals surface area contributed by atoms with Gasteiger partial charge in [-0.2, -0.15) is 0 Å². The van der Waals surface area contributed by atoms with Gasteiger partial charge in [0.2, 0.25) is 0 Å². The lowest BCUT2D eigenvalue weighted by Gasteiger charge is -2.29. The normalized spacial score (nSPS) is 20.7. The first-order valence-electron chi connectivity index (χ1n) is 11.7. The number of esters is 2. The van der Waals surface area contributed by atoms with E-state index in [1.165, 1.54) is 17.0 Å². The number of nitrogens with zero attached hydrogens (tertiary/aromatic N) is 1. The molecule has 1 amide bonds. The summed E-state index contributed by atoms with van der Waals surface area (Å²) in [4.78, 5) is 39.6. The molecule has 2 aliphatic heterocycles. The molecule has 8 nitrogen and oxygen atoms in total. The van der Waals surface area contributed by atoms with Gasteiger partial charge in [0.25, 0.3) is 5.91 Å². The van der Waals surface area contributed by atoms with Crippen LogP contribution in [0.2, 0.25) is 0 Å². The molecule has 2 atom stereocenters. The average Bonchev–Trinajstić information content (AvgIpc) is 3.20. The predicted molar refractivity (Wildman–Crippen MR) is 129 cm³/mol. The summed E-state index contributed by atoms with van der Waals surface area (Å²) in [7, 11) is -3.16. The third kappa shape index (κ3) is 5.90. The maximum Gasteiger partial charge on any atom is 0.339 e. The third-order valence-corrected chi connectivity index (χ3v) is 8.00. The Kier molecular flexibility index (Phi) is 7.25. The first-order chi connectivity index (χ1) is 16.6. The highest BCUT2D eigenvalue weighted by atomic mass is 32.2. The second-order valence-electron chi connectivity index (χ2n) is 9.45. The fourth-order valence-electron chi connectivity index (χ4n) is 4.54. The molecule has 2 heterocycles. The van der Waals surface area contributed by atoms with Crippen molar-refractivity contribution >= 4 is 27.7 Å². The quantitative estimate of drug-likeness (QED) is 0.539. The summed E-state index contributed by atoms with van der Waals surface area (Å²) in [6, 6.07) is 13.6. The van der Waals surface area contributed by atoms with E-state index in [4.69, 9.17) is 9.47 Å². The highest BCUT2D eigenvalue weighted by molar-refractivity contribution is 7.91. The Morgan fingerprint density at radius 2 is 1.89 bits per heavy atom. The number of carbonyl (C=O) groups is 3. The number of hydrogen-bond acceptors (Lipinski definition) is 7. The molecule has 2 aromatic rings. The van der Waals surface area contributed by atoms with Gasteiger partial charge >= 0.3 is 11.9 Å². The van der Waals surface area contributed by atoms with Crippen molar-refractivity contribution in [3.63, 3.8) is 0 Å². The van der Waals surface area contributed by atoms with Crippen LogP contribution in [0.15, 0.2) is 48.5 Å². The van der Waals surface area contributed by atoms with Crippen molar-refractivity contribution in [3.8, 4) is 0 Å². The van der Waals surface area contributed by atoms with Crippen molar-refractivity contribution in [1.29, 1.82) is 0 Å². The van der Waals surface area contributed by atoms with Gasteiger partial charge in [0.15, 0.2) is 16.4 Å². The van der Waals surface area contributed by atoms with Crippen LogP contribution in [0, 0.1) is 5.92 Å². The van der Waals surface area contributed by atoms with Gasteiger partial charge < -0.3 is 14.4 Å². The third-order valence-electron chi connectivity index (χ3n) is 6.24. The van der Waals surface area contributed by atoms with E-state index in [-0.39, 0.29) is 23.0 Å². The first-order valence-corrected chi connectivity index (χ1v) is 13.5. The zero-order valence-electron chi connectivity index (χ0n) is 19.8. The van der Waals surface area contributed by atoms with Crippen molar-refractivity contribution in [1.82, 2.24) is 4.90 Å². The summed E-state index contributed by atoms with van der Waals surface area (Å²) < 4.78 is 34.7. The lowest BCUT2D eigenvalue weighted by Crippen LogP contribution is -2.45. The van der Waals surface area contributed by atoms with Crippen molar-refractivity contribution in [2.75, 3.05) is 24.7 Å². The molecule has 1 fully saturated rings. The van der Waals surface area contributed by atoms with E-state index < -0.39 is 46.4 Å². The molecule has 35 heavy (non-hydrogen) atoms. The minimum atomic E-state index is -3.16. The van der Waals surface area contributed by atoms with E-state index in [0.717, 1.165) is 5.56 Å². The van der Waals surface area contributed by atoms with E-state index in [2.05, 4.69) is 0 Å². The van der Waals surface area contributed by atoms with E-state index in [9.17, 15) is 22.8 Å². The van der Waals surface area contributed by atoms with Crippen LogP contribution in [0.1, 0.15) is 58.2 Å². The lowest BCUT2D eigenvalue weighted by atomic mass is 9.93. The number of carbonyl (C=O) groups excluding carboxylic acids is 3. The molecule has 0 spiro atoms. The second kappa shape index (κ2) is 10.2. The molecule has 1 saturated heterocycles. The molecule has 2 unspecified atom stereocenters. The van der Waals surface area contributed by atoms with E-state index in [1.807, 2.05) is 44.2 Å². The fourth-order valence-corrected chi connectivity index (χ4v) is 6.27. The van der Waals surface area contributed by atoms with Crippen molar-refractivity contribution in [2.45, 2.75) is 38.8 Å². The molecule has 9 heteroatoms. The molecule has 4 rings (SSSR count). The highest BCUT2D eigenvalue weighted by Crippen LogP contribution is 2.31. The van der Waals surface area contributed by atoms with Crippen LogP contribution in [0.4, 0.5) is 0 Å². The van der Waals surface area contributed by atoms with Crippen molar-refractivity contribution < 1.29 is 32.3 Å². The number of benzene rings is 2. The number of amides is 1. The lowest BCUT2D eigenvalue weighted by molar-refractivity contribution is -0.137. The summed E-state index contributed by atoms with van der Waals surface area (Å²) in [5.74, 6) is -1.43. The number of cyclic esters (lactones) is 1. The maximum absolute atomic E-state index is 12.9. The van der Waals surface area contributed by atoms with Gasteiger partial charge in [0.05, 0.1) is 22.6 Å². The summed E-state index contributed by atoms with van der Waals surface area (Å²) in [5.41, 5.74) is 2.17. The molecular formula is C26H29NO7S. The molecule has 0 aliphatic carbocycles. The molecular weight excluding hydrogens is 470 g/mol. The molecule has 0 bridgehead atoms. The van der Waals surface area contributed by atoms with Crippen molar-refractivity contribution in [3.05, 3.63) is 70.8 Å². The van der Waals surface area contributed by atoms with Gasteiger partial charge in [-0.3, -0.25) is 4.79 Å². The molecule has 0 aromatic heterocycles. The number of rotatable bonds is 7. The minimum absolute atomic E-state index is 0.0564. The van der Waals surface area contributed by atoms with Crippen LogP contribution in [-0.4, -0.2) is 61.9 Å². The summed E-state index contributed by atoms with van der Waals surface area (Å²) in [6.07, 6.45) is 0.359. The van der Waals surface area contributed by atoms with E-state index in [0.29, 0.717) is 30.5 Å². The maximum atomic E-state index is 12.9. The van der Waals surface area contributed by atoms with Crippen LogP contribution in [0.25, 0.3) is 0 Å². The molecule has 0 N–H and O–H groups in total. The summed E-state index contributed by atoms with van der Waals surface area (Å²) in [6.45, 7) is 3.79. The fraction of sp³-hybridized carbons (Fsp3) is 0.423. The SMILES string of the molecule is CC(C)CN(C(=O)COC(=O)c1ccc2c(c1)CC(c1ccccc1)OC2=O)C1CCS(=O)(=O)C1. The molecule has 2 aromatic carbocycles. The van der Waals surface area contributed by atoms with Gasteiger partial charge in [-0.25, -0.2) is 18.0 Å². The van der Waals surface area contributed by atoms with Gasteiger partial charge in [-0.1, -0.05) is 44.2 Å². The Labute approximate surface area is 205 Å². The van der Waals surface area contributed by atoms with Crippen LogP contribution >= 0.6 is 0 Å². The Morgan fingerprint density at radius 3 is 2.54 bits per heavy atom. The zero-order chi connectivity index (χ0) is 25.2. The van der Waals surface area contributed by atoms with Crippen LogP contribution in [-0.2, 0) is 30.5 Å². The molecule has 186 valence electrons. The van der Waals surface area contributed by atoms with Gasteiger partial charge in [0, 0.05) is 19.0 Å². The highest BCUT2D eigenvalue weighted by Gasteiger charge is 2.35. The minimum Gasteiger partial charge on any atom is -0.454 e. The molecule has 0 radical (unpaired) electrons. The smallest absolute Gasteiger partial charge is 0.339 e. The van der Waals surface area contributed by atoms with Gasteiger partial charge in [0.1, 0.15) is 6.10 Å². The Morgan fingerprint density at radius 1 is 1.14 bits per heavy atom. The van der Waals surface area contributed by atoms with E-state index >= 15 is 0 Å². The van der Waals surface area contributed by atoms with Crippen LogP contribution < -0.4 is 0 Å². The van der Waals surface area contributed by atoms with Gasteiger partial charge in [-0.05, 0) is 41.7 Å². The standard InChI is InChI=1S/C26H29NO7S/c1-17(2)14-27(21-10-11-35(31,32)16-21)24(28)15-33-25(29)19-8-9-22-20(12-19)13-23(34-26(22)30)18-6-4-3-5-7-18/h3-9,12,17,21,23H,10-11,13-16H2,1-2H3. The molecule has 0 saturated carbocycles. The van der Waals surface area contributed by atoms with Crippen LogP contribution in [0.3, 0.4) is 0 Å². The number of ether oxygens (including phenoxy) is 2. The number of sulfone groups is 1. The van der Waals surface area contributed by atoms with Crippen molar-refractivity contribution in [2.24, 2.45) is 5.92 Å². The average molecular weight is 500 g/mol. The Balaban J connectivity index is 1.43. The summed E-state index contributed by atoms with van der Waals surface area (Å²) in [5, 5.41) is 0. The predicted octanol–water partition coefficient (Wildman–Crippen LogP) is 2.97. The van der Waals surface area contributed by atoms with Crippen LogP contribution in [0.5, 0.6) is 0 Å². The number of fused-ring (bicyclic) bond motifs is 1. The monoisotopic (exact) mass is 499 g/mol. The zero-order valence-corrected chi connectivity index (χ0v) is 20.6. The molecule has 2 aliphatic rings. The van der Waals surface area contributed by atoms with Gasteiger partial charge in [-0.15, -0.1) is 0 Å². The number of hydrogen-bond donors (Lipinski definition) is 0. The first kappa shape index (κ1) is 24.9. The second-order valence-corrected chi connectivity index (χ2v) is 11.7. The topological polar surface area (TPSA) is 107 Å². The van der Waals surface area contributed by atoms with E-state index in [1.54, 1.807) is 6.07 Å². The largest absolute Gasteiger partial charge is 0.454 e. The Bertz CT molecular complexity index is 1220.